The molecular weight excluding hydrogens is 508 g/mol. The lowest BCUT2D eigenvalue weighted by Gasteiger charge is -2.22. The van der Waals surface area contributed by atoms with Gasteiger partial charge in [0.2, 0.25) is 0 Å². The number of methoxy groups -OCH3 is 1. The Labute approximate surface area is 222 Å². The van der Waals surface area contributed by atoms with E-state index in [-0.39, 0.29) is 28.9 Å². The van der Waals surface area contributed by atoms with Crippen molar-refractivity contribution in [2.75, 3.05) is 38.7 Å². The van der Waals surface area contributed by atoms with E-state index in [2.05, 4.69) is 20.3 Å². The minimum absolute atomic E-state index is 0.111. The van der Waals surface area contributed by atoms with Crippen molar-refractivity contribution in [3.63, 3.8) is 0 Å². The van der Waals surface area contributed by atoms with E-state index in [0.29, 0.717) is 31.9 Å². The zero-order chi connectivity index (χ0) is 27.1. The van der Waals surface area contributed by atoms with Crippen LogP contribution in [0.15, 0.2) is 53.6 Å². The molecule has 0 aliphatic carbocycles. The van der Waals surface area contributed by atoms with Crippen LogP contribution in [0.2, 0.25) is 0 Å². The second kappa shape index (κ2) is 12.4. The van der Waals surface area contributed by atoms with E-state index in [1.165, 1.54) is 12.1 Å². The number of carbonyl (C=O) groups is 2. The second-order valence-electron chi connectivity index (χ2n) is 9.02. The van der Waals surface area contributed by atoms with Gasteiger partial charge in [-0.05, 0) is 53.3 Å². The zero-order valence-corrected chi connectivity index (χ0v) is 22.3. The number of aromatic nitrogens is 1. The van der Waals surface area contributed by atoms with E-state index >= 15 is 0 Å². The summed E-state index contributed by atoms with van der Waals surface area (Å²) >= 11 is 0. The Hall–Kier alpha value is -3.38. The summed E-state index contributed by atoms with van der Waals surface area (Å²) < 4.78 is 38.2. The van der Waals surface area contributed by atoms with Crippen LogP contribution in [0.25, 0.3) is 10.8 Å². The summed E-state index contributed by atoms with van der Waals surface area (Å²) in [4.78, 5) is 30.8. The summed E-state index contributed by atoms with van der Waals surface area (Å²) in [6.07, 6.45) is 1.64. The van der Waals surface area contributed by atoms with Gasteiger partial charge in [0.25, 0.3) is 21.8 Å². The molecule has 38 heavy (non-hydrogen) atoms. The minimum Gasteiger partial charge on any atom is -0.381 e. The highest BCUT2D eigenvalue weighted by molar-refractivity contribution is 7.89. The Morgan fingerprint density at radius 2 is 1.76 bits per heavy atom. The van der Waals surface area contributed by atoms with Gasteiger partial charge < -0.3 is 20.1 Å². The monoisotopic (exact) mass is 540 g/mol. The molecule has 0 atom stereocenters. The molecule has 2 aromatic carbocycles. The van der Waals surface area contributed by atoms with Gasteiger partial charge in [-0.15, -0.1) is 0 Å². The molecule has 2 heterocycles. The molecule has 0 unspecified atom stereocenters. The van der Waals surface area contributed by atoms with Crippen molar-refractivity contribution in [2.45, 2.75) is 31.4 Å². The van der Waals surface area contributed by atoms with E-state index < -0.39 is 21.8 Å². The van der Waals surface area contributed by atoms with Gasteiger partial charge in [0.15, 0.2) is 10.7 Å². The Morgan fingerprint density at radius 1 is 1.03 bits per heavy atom. The average molecular weight is 541 g/mol. The molecule has 3 N–H and O–H groups in total. The summed E-state index contributed by atoms with van der Waals surface area (Å²) in [6, 6.07) is 13.7. The van der Waals surface area contributed by atoms with Gasteiger partial charge >= 0.3 is 0 Å². The van der Waals surface area contributed by atoms with Gasteiger partial charge in [-0.1, -0.05) is 37.3 Å². The van der Waals surface area contributed by atoms with E-state index in [4.69, 9.17) is 9.47 Å². The van der Waals surface area contributed by atoms with E-state index in [1.807, 2.05) is 30.3 Å². The average Bonchev–Trinajstić information content (AvgIpc) is 2.92. The molecule has 2 amide bonds. The zero-order valence-electron chi connectivity index (χ0n) is 21.5. The number of sulfonamides is 1. The van der Waals surface area contributed by atoms with E-state index in [1.54, 1.807) is 20.1 Å². The van der Waals surface area contributed by atoms with Crippen LogP contribution in [0.5, 0.6) is 0 Å². The molecule has 0 radical (unpaired) electrons. The van der Waals surface area contributed by atoms with E-state index in [0.717, 1.165) is 29.2 Å². The lowest BCUT2D eigenvalue weighted by Crippen LogP contribution is -2.34. The van der Waals surface area contributed by atoms with Crippen LogP contribution >= 0.6 is 0 Å². The standard InChI is InChI=1S/C27H32N4O6S/c1-3-29-38(34,35)24-11-10-23(25(31-24)27(33)28-16-18-12-14-37-15-13-18)30-26(32)22-9-8-19(17-36-2)20-6-4-5-7-21(20)22/h4-11,18,29H,3,12-17H2,1-2H3,(H,28,33)(H,30,32). The Balaban J connectivity index is 1.66. The van der Waals surface area contributed by atoms with Crippen LogP contribution in [0, 0.1) is 5.92 Å². The first kappa shape index (κ1) is 27.6. The molecule has 1 saturated heterocycles. The molecule has 3 aromatic rings. The first-order valence-electron chi connectivity index (χ1n) is 12.5. The maximum absolute atomic E-state index is 13.4. The SMILES string of the molecule is CCNS(=O)(=O)c1ccc(NC(=O)c2ccc(COC)c3ccccc23)c(C(=O)NCC2CCOCC2)n1. The molecule has 1 aliphatic rings. The van der Waals surface area contributed by atoms with Crippen molar-refractivity contribution in [1.29, 1.82) is 0 Å². The lowest BCUT2D eigenvalue weighted by molar-refractivity contribution is 0.0642. The van der Waals surface area contributed by atoms with Gasteiger partial charge in [-0.2, -0.15) is 0 Å². The topological polar surface area (TPSA) is 136 Å². The first-order valence-corrected chi connectivity index (χ1v) is 14.0. The Kier molecular flexibility index (Phi) is 9.05. The molecule has 11 heteroatoms. The molecule has 10 nitrogen and oxygen atoms in total. The van der Waals surface area contributed by atoms with Crippen LogP contribution < -0.4 is 15.4 Å². The van der Waals surface area contributed by atoms with Crippen LogP contribution in [-0.2, 0) is 26.1 Å². The number of hydrogen-bond acceptors (Lipinski definition) is 7. The highest BCUT2D eigenvalue weighted by Gasteiger charge is 2.24. The van der Waals surface area contributed by atoms with Crippen LogP contribution in [0.4, 0.5) is 5.69 Å². The fourth-order valence-electron chi connectivity index (χ4n) is 4.43. The molecule has 0 saturated carbocycles. The third kappa shape index (κ3) is 6.36. The molecule has 4 rings (SSSR count). The lowest BCUT2D eigenvalue weighted by atomic mass is 9.99. The van der Waals surface area contributed by atoms with Crippen LogP contribution in [0.3, 0.4) is 0 Å². The number of pyridine rings is 1. The van der Waals surface area contributed by atoms with Crippen LogP contribution in [-0.4, -0.2) is 58.6 Å². The number of nitrogens with zero attached hydrogens (tertiary/aromatic N) is 1. The quantitative estimate of drug-likeness (QED) is 0.360. The number of fused-ring (bicyclic) bond motifs is 1. The third-order valence-corrected chi connectivity index (χ3v) is 7.84. The number of ether oxygens (including phenoxy) is 2. The molecular formula is C27H32N4O6S. The number of rotatable bonds is 10. The number of hydrogen-bond donors (Lipinski definition) is 3. The minimum atomic E-state index is -3.92. The Bertz CT molecular complexity index is 1420. The van der Waals surface area contributed by atoms with Crippen molar-refractivity contribution in [3.05, 3.63) is 65.4 Å². The summed E-state index contributed by atoms with van der Waals surface area (Å²) in [6.45, 7) is 3.87. The number of anilines is 1. The van der Waals surface area contributed by atoms with E-state index in [9.17, 15) is 18.0 Å². The number of amides is 2. The van der Waals surface area contributed by atoms with Gasteiger partial charge in [0.1, 0.15) is 0 Å². The largest absolute Gasteiger partial charge is 0.381 e. The van der Waals surface area contributed by atoms with Crippen molar-refractivity contribution >= 4 is 38.3 Å². The Morgan fingerprint density at radius 3 is 2.47 bits per heavy atom. The summed E-state index contributed by atoms with van der Waals surface area (Å²) in [7, 11) is -2.31. The fraction of sp³-hybridized carbons (Fsp3) is 0.370. The van der Waals surface area contributed by atoms with Crippen molar-refractivity contribution < 1.29 is 27.5 Å². The summed E-state index contributed by atoms with van der Waals surface area (Å²) in [5, 5.41) is 6.92. The molecule has 202 valence electrons. The first-order chi connectivity index (χ1) is 18.3. The molecule has 0 spiro atoms. The highest BCUT2D eigenvalue weighted by Crippen LogP contribution is 2.26. The van der Waals surface area contributed by atoms with Gasteiger partial charge in [0.05, 0.1) is 12.3 Å². The number of carbonyl (C=O) groups excluding carboxylic acids is 2. The van der Waals surface area contributed by atoms with Crippen molar-refractivity contribution in [2.24, 2.45) is 5.92 Å². The highest BCUT2D eigenvalue weighted by atomic mass is 32.2. The van der Waals surface area contributed by atoms with Crippen LogP contribution in [0.1, 0.15) is 46.2 Å². The summed E-state index contributed by atoms with van der Waals surface area (Å²) in [5.41, 5.74) is 1.27. The van der Waals surface area contributed by atoms with Gasteiger partial charge in [-0.3, -0.25) is 9.59 Å². The molecule has 1 aliphatic heterocycles. The van der Waals surface area contributed by atoms with Crippen molar-refractivity contribution in [3.8, 4) is 0 Å². The second-order valence-corrected chi connectivity index (χ2v) is 10.7. The third-order valence-electron chi connectivity index (χ3n) is 6.39. The molecule has 1 fully saturated rings. The number of nitrogens with one attached hydrogen (secondary N) is 3. The maximum atomic E-state index is 13.4. The molecule has 0 bridgehead atoms. The number of benzene rings is 2. The van der Waals surface area contributed by atoms with Crippen molar-refractivity contribution in [1.82, 2.24) is 15.0 Å². The van der Waals surface area contributed by atoms with Gasteiger partial charge in [0, 0.05) is 39.0 Å². The normalized spacial score (nSPS) is 14.4. The smallest absolute Gasteiger partial charge is 0.272 e. The predicted octanol–water partition coefficient (Wildman–Crippen LogP) is 3.09. The summed E-state index contributed by atoms with van der Waals surface area (Å²) in [5.74, 6) is -0.773. The molecule has 1 aromatic heterocycles. The predicted molar refractivity (Wildman–Crippen MR) is 144 cm³/mol. The van der Waals surface area contributed by atoms with Gasteiger partial charge in [-0.25, -0.2) is 18.1 Å². The maximum Gasteiger partial charge on any atom is 0.272 e. The fourth-order valence-corrected chi connectivity index (χ4v) is 5.42.